The molecule has 118 valence electrons. The molecule has 0 spiro atoms. The Morgan fingerprint density at radius 1 is 1.17 bits per heavy atom. The number of aliphatic hydroxyl groups excluding tert-OH is 1. The molecule has 3 rings (SSSR count). The molecule has 0 unspecified atom stereocenters. The first kappa shape index (κ1) is 15.8. The monoisotopic (exact) mass is 325 g/mol. The number of nitrogens with zero attached hydrogens (tertiary/aromatic N) is 1. The molecule has 0 amide bonds. The number of ketones is 1. The van der Waals surface area contributed by atoms with Crippen molar-refractivity contribution in [2.24, 2.45) is 0 Å². The number of carbonyl (C=O) groups excluding carboxylic acids is 1. The fraction of sp³-hybridized carbons (Fsp3) is 0.263. The molecule has 0 saturated heterocycles. The average molecular weight is 325 g/mol. The van der Waals surface area contributed by atoms with Crippen LogP contribution in [0.25, 0.3) is 20.8 Å². The van der Waals surface area contributed by atoms with Crippen LogP contribution in [0.15, 0.2) is 42.5 Å². The van der Waals surface area contributed by atoms with E-state index in [1.54, 1.807) is 17.4 Å². The molecule has 0 aliphatic carbocycles. The molecule has 1 N–H and O–H groups in total. The summed E-state index contributed by atoms with van der Waals surface area (Å²) in [7, 11) is 0. The van der Waals surface area contributed by atoms with Gasteiger partial charge in [-0.3, -0.25) is 4.79 Å². The van der Waals surface area contributed by atoms with E-state index < -0.39 is 6.61 Å². The van der Waals surface area contributed by atoms with E-state index in [9.17, 15) is 4.79 Å². The maximum absolute atomic E-state index is 11.6. The molecule has 0 saturated carbocycles. The maximum atomic E-state index is 11.6. The second-order valence-electron chi connectivity index (χ2n) is 5.58. The van der Waals surface area contributed by atoms with E-state index >= 15 is 0 Å². The van der Waals surface area contributed by atoms with Crippen LogP contribution in [-0.4, -0.2) is 22.5 Å². The van der Waals surface area contributed by atoms with Crippen LogP contribution in [0.3, 0.4) is 0 Å². The molecule has 0 aliphatic heterocycles. The number of aliphatic hydroxyl groups is 1. The minimum absolute atomic E-state index is 0.262. The van der Waals surface area contributed by atoms with Crippen molar-refractivity contribution in [2.75, 3.05) is 6.61 Å². The second kappa shape index (κ2) is 7.02. The van der Waals surface area contributed by atoms with Crippen molar-refractivity contribution in [1.82, 2.24) is 4.98 Å². The number of rotatable bonds is 6. The van der Waals surface area contributed by atoms with Gasteiger partial charge in [0.15, 0.2) is 5.78 Å². The van der Waals surface area contributed by atoms with Gasteiger partial charge in [0.2, 0.25) is 0 Å². The Balaban J connectivity index is 1.89. The van der Waals surface area contributed by atoms with Gasteiger partial charge in [0, 0.05) is 11.1 Å². The molecule has 0 fully saturated rings. The Hall–Kier alpha value is -2.04. The van der Waals surface area contributed by atoms with Crippen molar-refractivity contribution in [3.63, 3.8) is 0 Å². The summed E-state index contributed by atoms with van der Waals surface area (Å²) >= 11 is 1.57. The van der Waals surface area contributed by atoms with Gasteiger partial charge in [-0.15, -0.1) is 11.3 Å². The van der Waals surface area contributed by atoms with Gasteiger partial charge in [-0.2, -0.15) is 0 Å². The first-order chi connectivity index (χ1) is 11.2. The summed E-state index contributed by atoms with van der Waals surface area (Å²) in [6.45, 7) is 1.74. The molecule has 3 nitrogen and oxygen atoms in total. The van der Waals surface area contributed by atoms with Crippen LogP contribution in [0.4, 0.5) is 0 Å². The molecule has 2 aromatic carbocycles. The van der Waals surface area contributed by atoms with Crippen molar-refractivity contribution >= 4 is 27.3 Å². The molecule has 3 aromatic rings. The van der Waals surface area contributed by atoms with Crippen molar-refractivity contribution < 1.29 is 9.90 Å². The van der Waals surface area contributed by atoms with E-state index in [1.807, 2.05) is 12.1 Å². The van der Waals surface area contributed by atoms with Gasteiger partial charge in [0.25, 0.3) is 0 Å². The van der Waals surface area contributed by atoms with Gasteiger partial charge in [0.1, 0.15) is 11.6 Å². The predicted octanol–water partition coefficient (Wildman–Crippen LogP) is 4.48. The quantitative estimate of drug-likeness (QED) is 0.680. The molecule has 0 radical (unpaired) electrons. The van der Waals surface area contributed by atoms with Gasteiger partial charge < -0.3 is 5.11 Å². The van der Waals surface area contributed by atoms with Crippen LogP contribution in [0.5, 0.6) is 0 Å². The van der Waals surface area contributed by atoms with E-state index in [1.165, 1.54) is 18.4 Å². The number of hydrogen-bond acceptors (Lipinski definition) is 4. The third-order valence-corrected chi connectivity index (χ3v) is 4.94. The second-order valence-corrected chi connectivity index (χ2v) is 6.61. The summed E-state index contributed by atoms with van der Waals surface area (Å²) < 4.78 is 0.967. The first-order valence-electron chi connectivity index (χ1n) is 7.85. The Kier molecular flexibility index (Phi) is 4.84. The highest BCUT2D eigenvalue weighted by Crippen LogP contribution is 2.31. The summed E-state index contributed by atoms with van der Waals surface area (Å²) in [6, 6.07) is 13.9. The van der Waals surface area contributed by atoms with E-state index in [0.717, 1.165) is 27.2 Å². The van der Waals surface area contributed by atoms with E-state index in [4.69, 9.17) is 5.11 Å². The smallest absolute Gasteiger partial charge is 0.188 e. The van der Waals surface area contributed by atoms with Crippen LogP contribution in [-0.2, 0) is 6.42 Å². The van der Waals surface area contributed by atoms with Crippen LogP contribution in [0, 0.1) is 0 Å². The number of aryl methyl sites for hydroxylation is 1. The van der Waals surface area contributed by atoms with Crippen molar-refractivity contribution in [1.29, 1.82) is 0 Å². The molecule has 0 atom stereocenters. The van der Waals surface area contributed by atoms with Crippen molar-refractivity contribution in [2.45, 2.75) is 26.2 Å². The largest absolute Gasteiger partial charge is 0.388 e. The summed E-state index contributed by atoms with van der Waals surface area (Å²) in [5.41, 5.74) is 3.87. The lowest BCUT2D eigenvalue weighted by Crippen LogP contribution is -2.03. The molecular weight excluding hydrogens is 306 g/mol. The minimum atomic E-state index is -0.462. The fourth-order valence-corrected chi connectivity index (χ4v) is 3.52. The van der Waals surface area contributed by atoms with Gasteiger partial charge in [0.05, 0.1) is 10.2 Å². The highest BCUT2D eigenvalue weighted by atomic mass is 32.1. The minimum Gasteiger partial charge on any atom is -0.388 e. The molecule has 0 bridgehead atoms. The van der Waals surface area contributed by atoms with E-state index in [0.29, 0.717) is 5.56 Å². The number of carbonyl (C=O) groups is 1. The zero-order chi connectivity index (χ0) is 16.2. The third kappa shape index (κ3) is 3.49. The molecule has 0 aliphatic rings. The standard InChI is InChI=1S/C19H19NO2S/c1-2-3-4-13-5-7-14(8-6-13)19-20-16-10-9-15(17(22)12-21)11-18(16)23-19/h5-11,21H,2-4,12H2,1H3. The molecule has 4 heteroatoms. The maximum Gasteiger partial charge on any atom is 0.188 e. The Bertz CT molecular complexity index is 821. The van der Waals surface area contributed by atoms with Gasteiger partial charge in [-0.1, -0.05) is 37.6 Å². The van der Waals surface area contributed by atoms with Crippen LogP contribution >= 0.6 is 11.3 Å². The number of Topliss-reactive ketones (excluding diaryl/α,β-unsaturated/α-hetero) is 1. The zero-order valence-corrected chi connectivity index (χ0v) is 13.9. The number of unbranched alkanes of at least 4 members (excludes halogenated alkanes) is 1. The number of aromatic nitrogens is 1. The first-order valence-corrected chi connectivity index (χ1v) is 8.67. The van der Waals surface area contributed by atoms with E-state index in [2.05, 4.69) is 36.2 Å². The van der Waals surface area contributed by atoms with Gasteiger partial charge >= 0.3 is 0 Å². The molecule has 23 heavy (non-hydrogen) atoms. The SMILES string of the molecule is CCCCc1ccc(-c2nc3ccc(C(=O)CO)cc3s2)cc1. The van der Waals surface area contributed by atoms with E-state index in [-0.39, 0.29) is 5.78 Å². The number of fused-ring (bicyclic) bond motifs is 1. The van der Waals surface area contributed by atoms with Crippen LogP contribution in [0.1, 0.15) is 35.7 Å². The Labute approximate surface area is 139 Å². The summed E-state index contributed by atoms with van der Waals surface area (Å²) in [5.74, 6) is -0.262. The zero-order valence-electron chi connectivity index (χ0n) is 13.1. The normalized spacial score (nSPS) is 11.0. The van der Waals surface area contributed by atoms with Gasteiger partial charge in [-0.05, 0) is 36.6 Å². The summed E-state index contributed by atoms with van der Waals surface area (Å²) in [5, 5.41) is 9.92. The number of benzene rings is 2. The highest BCUT2D eigenvalue weighted by molar-refractivity contribution is 7.21. The molecular formula is C19H19NO2S. The molecule has 1 heterocycles. The number of hydrogen-bond donors (Lipinski definition) is 1. The summed E-state index contributed by atoms with van der Waals surface area (Å²) in [6.07, 6.45) is 3.53. The third-order valence-electron chi connectivity index (χ3n) is 3.87. The Morgan fingerprint density at radius 2 is 1.96 bits per heavy atom. The molecule has 1 aromatic heterocycles. The summed E-state index contributed by atoms with van der Waals surface area (Å²) in [4.78, 5) is 16.2. The van der Waals surface area contributed by atoms with Crippen molar-refractivity contribution in [3.05, 3.63) is 53.6 Å². The van der Waals surface area contributed by atoms with Crippen LogP contribution < -0.4 is 0 Å². The fourth-order valence-electron chi connectivity index (χ4n) is 2.51. The van der Waals surface area contributed by atoms with Gasteiger partial charge in [-0.25, -0.2) is 4.98 Å². The lowest BCUT2D eigenvalue weighted by atomic mass is 10.1. The van der Waals surface area contributed by atoms with Crippen molar-refractivity contribution in [3.8, 4) is 10.6 Å². The number of thiazole rings is 1. The Morgan fingerprint density at radius 3 is 2.65 bits per heavy atom. The topological polar surface area (TPSA) is 50.2 Å². The van der Waals surface area contributed by atoms with Crippen LogP contribution in [0.2, 0.25) is 0 Å². The lowest BCUT2D eigenvalue weighted by Gasteiger charge is -2.01. The highest BCUT2D eigenvalue weighted by Gasteiger charge is 2.10. The lowest BCUT2D eigenvalue weighted by molar-refractivity contribution is 0.0904. The predicted molar refractivity (Wildman–Crippen MR) is 95.1 cm³/mol. The average Bonchev–Trinajstić information content (AvgIpc) is 3.02.